The molecule has 0 unspecified atom stereocenters. The summed E-state index contributed by atoms with van der Waals surface area (Å²) in [6.07, 6.45) is 1.92. The fraction of sp³-hybridized carbons (Fsp3) is 0.167. The van der Waals surface area contributed by atoms with E-state index in [-0.39, 0.29) is 6.54 Å². The van der Waals surface area contributed by atoms with E-state index in [1.165, 1.54) is 0 Å². The van der Waals surface area contributed by atoms with Crippen molar-refractivity contribution in [3.8, 4) is 0 Å². The fourth-order valence-electron chi connectivity index (χ4n) is 1.50. The number of halogens is 4. The van der Waals surface area contributed by atoms with Crippen LogP contribution in [0.2, 0.25) is 0 Å². The van der Waals surface area contributed by atoms with Crippen LogP contribution in [0.4, 0.5) is 23.2 Å². The highest BCUT2D eigenvalue weighted by molar-refractivity contribution is 5.45. The Morgan fingerprint density at radius 1 is 1.00 bits per heavy atom. The van der Waals surface area contributed by atoms with E-state index in [1.807, 2.05) is 0 Å². The van der Waals surface area contributed by atoms with Crippen LogP contribution < -0.4 is 5.32 Å². The number of pyridine rings is 2. The summed E-state index contributed by atoms with van der Waals surface area (Å²) in [6.45, 7) is 0.0771. The number of aromatic nitrogens is 2. The van der Waals surface area contributed by atoms with Crippen molar-refractivity contribution >= 4 is 5.69 Å². The zero-order chi connectivity index (χ0) is 13.8. The van der Waals surface area contributed by atoms with Crippen LogP contribution in [0.25, 0.3) is 0 Å². The number of anilines is 1. The van der Waals surface area contributed by atoms with Crippen molar-refractivity contribution in [1.82, 2.24) is 9.97 Å². The molecule has 0 amide bonds. The summed E-state index contributed by atoms with van der Waals surface area (Å²) in [6, 6.07) is 5.21. The predicted molar refractivity (Wildman–Crippen MR) is 60.5 cm³/mol. The maximum absolute atomic E-state index is 13.2. The quantitative estimate of drug-likeness (QED) is 0.686. The van der Waals surface area contributed by atoms with Crippen LogP contribution in [0.5, 0.6) is 0 Å². The van der Waals surface area contributed by atoms with Crippen molar-refractivity contribution in [2.45, 2.75) is 6.42 Å². The summed E-state index contributed by atoms with van der Waals surface area (Å²) in [4.78, 5) is 6.47. The molecule has 0 radical (unpaired) electrons. The molecule has 0 spiro atoms. The average molecular weight is 271 g/mol. The minimum Gasteiger partial charge on any atom is -0.380 e. The molecule has 0 fully saturated rings. The highest BCUT2D eigenvalue weighted by atomic mass is 19.2. The van der Waals surface area contributed by atoms with Crippen molar-refractivity contribution in [1.29, 1.82) is 0 Å². The maximum atomic E-state index is 13.2. The van der Waals surface area contributed by atoms with Gasteiger partial charge < -0.3 is 5.32 Å². The molecule has 0 aliphatic heterocycles. The summed E-state index contributed by atoms with van der Waals surface area (Å²) in [5, 5.41) is 2.30. The SMILES string of the molecule is Fc1nc(F)c(F)c(NCCc2ccccn2)c1F. The first-order chi connectivity index (χ1) is 9.09. The second kappa shape index (κ2) is 5.64. The molecule has 2 aromatic rings. The van der Waals surface area contributed by atoms with Gasteiger partial charge in [-0.3, -0.25) is 4.98 Å². The Bertz CT molecular complexity index is 549. The molecule has 19 heavy (non-hydrogen) atoms. The van der Waals surface area contributed by atoms with Crippen LogP contribution in [0.15, 0.2) is 24.4 Å². The van der Waals surface area contributed by atoms with Gasteiger partial charge in [-0.1, -0.05) is 6.07 Å². The number of hydrogen-bond donors (Lipinski definition) is 1. The minimum atomic E-state index is -1.68. The third-order valence-corrected chi connectivity index (χ3v) is 2.41. The summed E-state index contributed by atoms with van der Waals surface area (Å²) in [7, 11) is 0. The van der Waals surface area contributed by atoms with Gasteiger partial charge in [-0.15, -0.1) is 0 Å². The van der Waals surface area contributed by atoms with E-state index in [0.717, 1.165) is 0 Å². The predicted octanol–water partition coefficient (Wildman–Crippen LogP) is 2.69. The molecular formula is C12H9F4N3. The molecule has 0 aliphatic carbocycles. The first kappa shape index (κ1) is 13.3. The molecule has 0 bridgehead atoms. The van der Waals surface area contributed by atoms with E-state index in [2.05, 4.69) is 15.3 Å². The van der Waals surface area contributed by atoms with Crippen molar-refractivity contribution < 1.29 is 17.6 Å². The van der Waals surface area contributed by atoms with E-state index in [4.69, 9.17) is 0 Å². The Hall–Kier alpha value is -2.18. The van der Waals surface area contributed by atoms with Gasteiger partial charge in [0, 0.05) is 24.9 Å². The molecule has 100 valence electrons. The lowest BCUT2D eigenvalue weighted by molar-refractivity contribution is 0.410. The highest BCUT2D eigenvalue weighted by Gasteiger charge is 2.20. The van der Waals surface area contributed by atoms with E-state index in [0.29, 0.717) is 12.1 Å². The molecule has 0 saturated carbocycles. The van der Waals surface area contributed by atoms with Gasteiger partial charge in [0.05, 0.1) is 0 Å². The molecule has 0 aromatic carbocycles. The lowest BCUT2D eigenvalue weighted by Gasteiger charge is -2.08. The second-order valence-corrected chi connectivity index (χ2v) is 3.69. The first-order valence-electron chi connectivity index (χ1n) is 5.43. The van der Waals surface area contributed by atoms with Gasteiger partial charge >= 0.3 is 0 Å². The van der Waals surface area contributed by atoms with E-state index >= 15 is 0 Å². The van der Waals surface area contributed by atoms with E-state index < -0.39 is 29.2 Å². The Labute approximate surface area is 106 Å². The van der Waals surface area contributed by atoms with Crippen molar-refractivity contribution in [2.24, 2.45) is 0 Å². The molecule has 0 atom stereocenters. The summed E-state index contributed by atoms with van der Waals surface area (Å²) in [5.74, 6) is -6.45. The molecule has 2 aromatic heterocycles. The summed E-state index contributed by atoms with van der Waals surface area (Å²) < 4.78 is 52.1. The molecule has 2 rings (SSSR count). The Morgan fingerprint density at radius 3 is 2.26 bits per heavy atom. The van der Waals surface area contributed by atoms with Crippen LogP contribution >= 0.6 is 0 Å². The van der Waals surface area contributed by atoms with Crippen molar-refractivity contribution in [3.63, 3.8) is 0 Å². The standard InChI is InChI=1S/C12H9F4N3/c13-8-10(9(14)12(16)19-11(8)15)18-6-4-7-3-1-2-5-17-7/h1-3,5H,4,6H2,(H,18,19). The molecule has 7 heteroatoms. The van der Waals surface area contributed by atoms with Gasteiger partial charge in [-0.05, 0) is 12.1 Å². The van der Waals surface area contributed by atoms with Gasteiger partial charge in [0.1, 0.15) is 5.69 Å². The average Bonchev–Trinajstić information content (AvgIpc) is 2.42. The molecule has 1 N–H and O–H groups in total. The Kier molecular flexibility index (Phi) is 3.94. The lowest BCUT2D eigenvalue weighted by atomic mass is 10.2. The summed E-state index contributed by atoms with van der Waals surface area (Å²) >= 11 is 0. The molecule has 2 heterocycles. The first-order valence-corrected chi connectivity index (χ1v) is 5.43. The van der Waals surface area contributed by atoms with Gasteiger partial charge in [0.2, 0.25) is 11.6 Å². The smallest absolute Gasteiger partial charge is 0.253 e. The third kappa shape index (κ3) is 2.98. The van der Waals surface area contributed by atoms with E-state index in [1.54, 1.807) is 24.4 Å². The molecule has 0 aliphatic rings. The van der Waals surface area contributed by atoms with Crippen LogP contribution in [-0.4, -0.2) is 16.5 Å². The Balaban J connectivity index is 2.08. The van der Waals surface area contributed by atoms with Gasteiger partial charge in [0.15, 0.2) is 0 Å². The highest BCUT2D eigenvalue weighted by Crippen LogP contribution is 2.21. The van der Waals surface area contributed by atoms with Gasteiger partial charge in [-0.2, -0.15) is 22.5 Å². The molecular weight excluding hydrogens is 262 g/mol. The third-order valence-electron chi connectivity index (χ3n) is 2.41. The van der Waals surface area contributed by atoms with E-state index in [9.17, 15) is 17.6 Å². The zero-order valence-electron chi connectivity index (χ0n) is 9.63. The van der Waals surface area contributed by atoms with Gasteiger partial charge in [-0.25, -0.2) is 0 Å². The maximum Gasteiger partial charge on any atom is 0.253 e. The Morgan fingerprint density at radius 2 is 1.68 bits per heavy atom. The zero-order valence-corrected chi connectivity index (χ0v) is 9.63. The topological polar surface area (TPSA) is 37.8 Å². The van der Waals surface area contributed by atoms with Crippen molar-refractivity contribution in [3.05, 3.63) is 53.6 Å². The van der Waals surface area contributed by atoms with Crippen LogP contribution in [-0.2, 0) is 6.42 Å². The van der Waals surface area contributed by atoms with Crippen LogP contribution in [0.3, 0.4) is 0 Å². The molecule has 0 saturated heterocycles. The lowest BCUT2D eigenvalue weighted by Crippen LogP contribution is -2.12. The number of nitrogens with zero attached hydrogens (tertiary/aromatic N) is 2. The van der Waals surface area contributed by atoms with Gasteiger partial charge in [0.25, 0.3) is 11.9 Å². The number of hydrogen-bond acceptors (Lipinski definition) is 3. The largest absolute Gasteiger partial charge is 0.380 e. The van der Waals surface area contributed by atoms with Crippen LogP contribution in [0, 0.1) is 23.5 Å². The monoisotopic (exact) mass is 271 g/mol. The fourth-order valence-corrected chi connectivity index (χ4v) is 1.50. The number of nitrogens with one attached hydrogen (secondary N) is 1. The summed E-state index contributed by atoms with van der Waals surface area (Å²) in [5.41, 5.74) is -0.174. The number of rotatable bonds is 4. The van der Waals surface area contributed by atoms with Crippen LogP contribution in [0.1, 0.15) is 5.69 Å². The normalized spacial score (nSPS) is 10.5. The second-order valence-electron chi connectivity index (χ2n) is 3.69. The van der Waals surface area contributed by atoms with Crippen molar-refractivity contribution in [2.75, 3.05) is 11.9 Å². The molecule has 3 nitrogen and oxygen atoms in total. The minimum absolute atomic E-state index is 0.0771.